The van der Waals surface area contributed by atoms with Crippen LogP contribution in [0.5, 0.6) is 0 Å². The van der Waals surface area contributed by atoms with Crippen LogP contribution in [0.2, 0.25) is 0 Å². The second kappa shape index (κ2) is 7.22. The number of hydrogen-bond donors (Lipinski definition) is 1. The number of carbonyl (C=O) groups is 1. The molecule has 0 atom stereocenters. The molecule has 2 aromatic rings. The fraction of sp³-hybridized carbons (Fsp3) is 0.267. The van der Waals surface area contributed by atoms with Gasteiger partial charge >= 0.3 is 0 Å². The summed E-state index contributed by atoms with van der Waals surface area (Å²) >= 11 is 0. The first kappa shape index (κ1) is 14.8. The van der Waals surface area contributed by atoms with Gasteiger partial charge in [-0.25, -0.2) is 4.68 Å². The van der Waals surface area contributed by atoms with Crippen molar-refractivity contribution in [1.29, 1.82) is 0 Å². The minimum absolute atomic E-state index is 0.0288. The third kappa shape index (κ3) is 4.44. The highest BCUT2D eigenvalue weighted by molar-refractivity contribution is 5.75. The Labute approximate surface area is 123 Å². The van der Waals surface area contributed by atoms with Gasteiger partial charge in [-0.1, -0.05) is 29.2 Å². The van der Waals surface area contributed by atoms with Gasteiger partial charge in [-0.15, -0.1) is 5.10 Å². The van der Waals surface area contributed by atoms with E-state index in [2.05, 4.69) is 22.2 Å². The molecule has 0 fully saturated rings. The van der Waals surface area contributed by atoms with Gasteiger partial charge in [0.1, 0.15) is 6.54 Å². The Balaban J connectivity index is 1.98. The van der Waals surface area contributed by atoms with Crippen LogP contribution in [-0.4, -0.2) is 39.4 Å². The maximum absolute atomic E-state index is 12.1. The van der Waals surface area contributed by atoms with Gasteiger partial charge in [0.15, 0.2) is 0 Å². The van der Waals surface area contributed by atoms with E-state index in [1.54, 1.807) is 24.3 Å². The van der Waals surface area contributed by atoms with Crippen molar-refractivity contribution in [1.82, 2.24) is 19.9 Å². The molecule has 21 heavy (non-hydrogen) atoms. The smallest absolute Gasteiger partial charge is 0.244 e. The lowest BCUT2D eigenvalue weighted by Gasteiger charge is -2.17. The van der Waals surface area contributed by atoms with E-state index < -0.39 is 0 Å². The van der Waals surface area contributed by atoms with E-state index in [1.807, 2.05) is 24.3 Å². The third-order valence-electron chi connectivity index (χ3n) is 2.88. The number of nitrogens with two attached hydrogens (primary N) is 1. The highest BCUT2D eigenvalue weighted by Gasteiger charge is 2.10. The zero-order valence-electron chi connectivity index (χ0n) is 11.9. The molecule has 1 aromatic carbocycles. The maximum Gasteiger partial charge on any atom is 0.244 e. The van der Waals surface area contributed by atoms with E-state index in [-0.39, 0.29) is 12.5 Å². The van der Waals surface area contributed by atoms with Crippen LogP contribution >= 0.6 is 0 Å². The molecule has 0 spiro atoms. The molecule has 1 heterocycles. The van der Waals surface area contributed by atoms with E-state index in [9.17, 15) is 4.79 Å². The van der Waals surface area contributed by atoms with Gasteiger partial charge in [0.05, 0.1) is 12.7 Å². The lowest BCUT2D eigenvalue weighted by molar-refractivity contribution is -0.131. The lowest BCUT2D eigenvalue weighted by atomic mass is 10.1. The van der Waals surface area contributed by atoms with Crippen molar-refractivity contribution < 1.29 is 4.79 Å². The Morgan fingerprint density at radius 2 is 2.33 bits per heavy atom. The molecule has 2 rings (SSSR count). The summed E-state index contributed by atoms with van der Waals surface area (Å²) in [5, 5.41) is 7.46. The fourth-order valence-electron chi connectivity index (χ4n) is 1.84. The SMILES string of the molecule is CN(Cc1cccc(C#CCN)c1)C(=O)Cn1ccnn1. The van der Waals surface area contributed by atoms with Crippen LogP contribution in [0.3, 0.4) is 0 Å². The summed E-state index contributed by atoms with van der Waals surface area (Å²) in [5.74, 6) is 5.77. The molecule has 0 unspecified atom stereocenters. The van der Waals surface area contributed by atoms with Crippen LogP contribution in [-0.2, 0) is 17.9 Å². The first-order valence-corrected chi connectivity index (χ1v) is 6.55. The van der Waals surface area contributed by atoms with Gasteiger partial charge in [0, 0.05) is 25.4 Å². The van der Waals surface area contributed by atoms with Crippen LogP contribution < -0.4 is 5.73 Å². The monoisotopic (exact) mass is 283 g/mol. The topological polar surface area (TPSA) is 77.0 Å². The predicted octanol–water partition coefficient (Wildman–Crippen LogP) is 0.247. The van der Waals surface area contributed by atoms with Gasteiger partial charge in [-0.05, 0) is 17.7 Å². The van der Waals surface area contributed by atoms with E-state index >= 15 is 0 Å². The van der Waals surface area contributed by atoms with E-state index in [4.69, 9.17) is 5.73 Å². The maximum atomic E-state index is 12.1. The van der Waals surface area contributed by atoms with Crippen LogP contribution in [0.4, 0.5) is 0 Å². The van der Waals surface area contributed by atoms with Crippen molar-refractivity contribution in [2.24, 2.45) is 5.73 Å². The first-order chi connectivity index (χ1) is 10.2. The average molecular weight is 283 g/mol. The van der Waals surface area contributed by atoms with Crippen molar-refractivity contribution in [3.8, 4) is 11.8 Å². The van der Waals surface area contributed by atoms with Gasteiger partial charge < -0.3 is 10.6 Å². The Kier molecular flexibility index (Phi) is 5.07. The molecule has 0 aliphatic heterocycles. The van der Waals surface area contributed by atoms with Gasteiger partial charge in [0.2, 0.25) is 5.91 Å². The molecular weight excluding hydrogens is 266 g/mol. The van der Waals surface area contributed by atoms with E-state index in [0.29, 0.717) is 13.1 Å². The number of rotatable bonds is 4. The summed E-state index contributed by atoms with van der Waals surface area (Å²) in [5.41, 5.74) is 7.28. The van der Waals surface area contributed by atoms with Crippen LogP contribution in [0.15, 0.2) is 36.7 Å². The van der Waals surface area contributed by atoms with Gasteiger partial charge in [-0.3, -0.25) is 4.79 Å². The summed E-state index contributed by atoms with van der Waals surface area (Å²) in [6.07, 6.45) is 3.21. The molecule has 6 nitrogen and oxygen atoms in total. The van der Waals surface area contributed by atoms with E-state index in [1.165, 1.54) is 4.68 Å². The number of aromatic nitrogens is 3. The number of likely N-dealkylation sites (N-methyl/N-ethyl adjacent to an activating group) is 1. The predicted molar refractivity (Wildman–Crippen MR) is 78.9 cm³/mol. The summed E-state index contributed by atoms with van der Waals surface area (Å²) in [6.45, 7) is 1.04. The number of hydrogen-bond acceptors (Lipinski definition) is 4. The molecule has 0 aliphatic rings. The van der Waals surface area contributed by atoms with Crippen molar-refractivity contribution in [2.45, 2.75) is 13.1 Å². The summed E-state index contributed by atoms with van der Waals surface area (Å²) in [4.78, 5) is 13.7. The number of nitrogens with zero attached hydrogens (tertiary/aromatic N) is 4. The summed E-state index contributed by atoms with van der Waals surface area (Å²) < 4.78 is 1.50. The third-order valence-corrected chi connectivity index (χ3v) is 2.88. The minimum atomic E-state index is -0.0288. The highest BCUT2D eigenvalue weighted by atomic mass is 16.2. The van der Waals surface area contributed by atoms with Crippen LogP contribution in [0, 0.1) is 11.8 Å². The lowest BCUT2D eigenvalue weighted by Crippen LogP contribution is -2.30. The number of amides is 1. The molecule has 0 saturated heterocycles. The van der Waals surface area contributed by atoms with Gasteiger partial charge in [0.25, 0.3) is 0 Å². The molecule has 0 bridgehead atoms. The Bertz CT molecular complexity index is 654. The highest BCUT2D eigenvalue weighted by Crippen LogP contribution is 2.07. The standard InChI is InChI=1S/C15H17N5O/c1-19(15(21)12-20-9-8-17-18-20)11-14-5-2-4-13(10-14)6-3-7-16/h2,4-5,8-10H,7,11-12,16H2,1H3. The molecule has 6 heteroatoms. The van der Waals surface area contributed by atoms with Crippen LogP contribution in [0.1, 0.15) is 11.1 Å². The van der Waals surface area contributed by atoms with E-state index in [0.717, 1.165) is 11.1 Å². The molecule has 2 N–H and O–H groups in total. The molecule has 1 aromatic heterocycles. The largest absolute Gasteiger partial charge is 0.340 e. The zero-order valence-corrected chi connectivity index (χ0v) is 11.9. The minimum Gasteiger partial charge on any atom is -0.340 e. The Morgan fingerprint density at radius 3 is 3.05 bits per heavy atom. The van der Waals surface area contributed by atoms with Crippen molar-refractivity contribution >= 4 is 5.91 Å². The average Bonchev–Trinajstić information content (AvgIpc) is 2.98. The van der Waals surface area contributed by atoms with Crippen LogP contribution in [0.25, 0.3) is 0 Å². The zero-order chi connectivity index (χ0) is 15.1. The quantitative estimate of drug-likeness (QED) is 0.816. The molecule has 108 valence electrons. The second-order valence-electron chi connectivity index (χ2n) is 4.56. The van der Waals surface area contributed by atoms with Crippen molar-refractivity contribution in [2.75, 3.05) is 13.6 Å². The molecular formula is C15H17N5O. The van der Waals surface area contributed by atoms with Crippen molar-refractivity contribution in [3.05, 3.63) is 47.8 Å². The second-order valence-corrected chi connectivity index (χ2v) is 4.56. The molecule has 0 radical (unpaired) electrons. The van der Waals surface area contributed by atoms with Crippen molar-refractivity contribution in [3.63, 3.8) is 0 Å². The Hall–Kier alpha value is -2.65. The molecule has 0 aliphatic carbocycles. The number of carbonyl (C=O) groups excluding carboxylic acids is 1. The normalized spacial score (nSPS) is 9.81. The summed E-state index contributed by atoms with van der Waals surface area (Å²) in [7, 11) is 1.76. The molecule has 0 saturated carbocycles. The Morgan fingerprint density at radius 1 is 1.48 bits per heavy atom. The first-order valence-electron chi connectivity index (χ1n) is 6.55. The fourth-order valence-corrected chi connectivity index (χ4v) is 1.84. The molecule has 1 amide bonds. The summed E-state index contributed by atoms with van der Waals surface area (Å²) in [6, 6.07) is 7.77. The van der Waals surface area contributed by atoms with Gasteiger partial charge in [-0.2, -0.15) is 0 Å². The number of benzene rings is 1.